The van der Waals surface area contributed by atoms with Crippen LogP contribution in [0, 0.1) is 0 Å². The quantitative estimate of drug-likeness (QED) is 0.406. The first-order valence-corrected chi connectivity index (χ1v) is 4.18. The number of amides is 1. The van der Waals surface area contributed by atoms with Crippen LogP contribution in [0.15, 0.2) is 0 Å². The molecule has 0 aromatic carbocycles. The molecule has 1 unspecified atom stereocenters. The summed E-state index contributed by atoms with van der Waals surface area (Å²) in [6, 6.07) is -0.382. The Morgan fingerprint density at radius 1 is 1.64 bits per heavy atom. The molecule has 62 valence electrons. The van der Waals surface area contributed by atoms with E-state index in [0.29, 0.717) is 11.6 Å². The van der Waals surface area contributed by atoms with Gasteiger partial charge in [0, 0.05) is 11.6 Å². The Labute approximate surface area is 67.6 Å². The molecule has 0 saturated carbocycles. The van der Waals surface area contributed by atoms with Gasteiger partial charge in [-0.2, -0.15) is 0 Å². The van der Waals surface area contributed by atoms with Crippen molar-refractivity contribution in [3.8, 4) is 0 Å². The van der Waals surface area contributed by atoms with Gasteiger partial charge in [0.05, 0.1) is 0 Å². The summed E-state index contributed by atoms with van der Waals surface area (Å²) in [5, 5.41) is 2.84. The lowest BCUT2D eigenvalue weighted by Gasteiger charge is -2.04. The number of esters is 1. The van der Waals surface area contributed by atoms with Crippen LogP contribution in [-0.4, -0.2) is 29.7 Å². The van der Waals surface area contributed by atoms with Crippen molar-refractivity contribution in [3.05, 3.63) is 0 Å². The normalized spacial score (nSPS) is 23.1. The number of nitrogens with two attached hydrogens (primary N) is 1. The standard InChI is InChI=1S/C5H8N2O3S/c6-5(9)10-4(8)3-1-11-2-7-3/h3,7H,1-2H2,(H2,6,9). The van der Waals surface area contributed by atoms with Gasteiger partial charge < -0.3 is 10.5 Å². The highest BCUT2D eigenvalue weighted by atomic mass is 32.2. The Morgan fingerprint density at radius 2 is 2.36 bits per heavy atom. The SMILES string of the molecule is NC(=O)OC(=O)C1CSCN1. The van der Waals surface area contributed by atoms with Crippen molar-refractivity contribution in [1.82, 2.24) is 5.32 Å². The van der Waals surface area contributed by atoms with Gasteiger partial charge in [0.1, 0.15) is 6.04 Å². The van der Waals surface area contributed by atoms with Gasteiger partial charge in [0.2, 0.25) is 0 Å². The number of rotatable bonds is 1. The van der Waals surface area contributed by atoms with E-state index in [9.17, 15) is 9.59 Å². The molecule has 1 amide bonds. The number of thioether (sulfide) groups is 1. The van der Waals surface area contributed by atoms with Gasteiger partial charge in [0.15, 0.2) is 0 Å². The van der Waals surface area contributed by atoms with Crippen molar-refractivity contribution in [3.63, 3.8) is 0 Å². The Kier molecular flexibility index (Phi) is 2.72. The molecular weight excluding hydrogens is 168 g/mol. The molecule has 1 fully saturated rings. The summed E-state index contributed by atoms with van der Waals surface area (Å²) >= 11 is 1.57. The van der Waals surface area contributed by atoms with Crippen LogP contribution in [0.25, 0.3) is 0 Å². The molecular formula is C5H8N2O3S. The zero-order valence-corrected chi connectivity index (χ0v) is 6.52. The molecule has 6 heteroatoms. The van der Waals surface area contributed by atoms with E-state index in [1.807, 2.05) is 0 Å². The van der Waals surface area contributed by atoms with Crippen molar-refractivity contribution in [2.24, 2.45) is 5.73 Å². The van der Waals surface area contributed by atoms with Gasteiger partial charge in [-0.1, -0.05) is 0 Å². The highest BCUT2D eigenvalue weighted by Gasteiger charge is 2.25. The molecule has 0 spiro atoms. The maximum atomic E-state index is 10.9. The lowest BCUT2D eigenvalue weighted by molar-refractivity contribution is -0.138. The summed E-state index contributed by atoms with van der Waals surface area (Å²) in [7, 11) is 0. The monoisotopic (exact) mass is 176 g/mol. The topological polar surface area (TPSA) is 81.4 Å². The highest BCUT2D eigenvalue weighted by molar-refractivity contribution is 7.99. The third kappa shape index (κ3) is 2.39. The first-order valence-electron chi connectivity index (χ1n) is 3.02. The smallest absolute Gasteiger partial charge is 0.375 e. The van der Waals surface area contributed by atoms with Crippen LogP contribution < -0.4 is 11.1 Å². The summed E-state index contributed by atoms with van der Waals surface area (Å²) in [6.07, 6.45) is -1.05. The second-order valence-corrected chi connectivity index (χ2v) is 3.04. The molecule has 1 aliphatic heterocycles. The third-order valence-electron chi connectivity index (χ3n) is 1.20. The number of carbonyl (C=O) groups is 2. The summed E-state index contributed by atoms with van der Waals surface area (Å²) in [5.74, 6) is 0.743. The van der Waals surface area contributed by atoms with Crippen LogP contribution in [0.3, 0.4) is 0 Å². The molecule has 5 nitrogen and oxygen atoms in total. The number of primary amides is 1. The van der Waals surface area contributed by atoms with Crippen LogP contribution in [0.2, 0.25) is 0 Å². The maximum Gasteiger partial charge on any atom is 0.412 e. The zero-order chi connectivity index (χ0) is 8.27. The molecule has 11 heavy (non-hydrogen) atoms. The number of carbonyl (C=O) groups excluding carboxylic acids is 2. The second kappa shape index (κ2) is 3.59. The van der Waals surface area contributed by atoms with Crippen LogP contribution in [0.5, 0.6) is 0 Å². The fourth-order valence-corrected chi connectivity index (χ4v) is 1.64. The molecule has 1 heterocycles. The lowest BCUT2D eigenvalue weighted by atomic mass is 10.3. The largest absolute Gasteiger partial charge is 0.412 e. The highest BCUT2D eigenvalue weighted by Crippen LogP contribution is 2.10. The van der Waals surface area contributed by atoms with Crippen molar-refractivity contribution in [2.45, 2.75) is 6.04 Å². The number of ether oxygens (including phenoxy) is 1. The first kappa shape index (κ1) is 8.35. The van der Waals surface area contributed by atoms with Crippen molar-refractivity contribution >= 4 is 23.8 Å². The number of hydrogen-bond acceptors (Lipinski definition) is 5. The van der Waals surface area contributed by atoms with Crippen LogP contribution in [-0.2, 0) is 9.53 Å². The maximum absolute atomic E-state index is 10.9. The van der Waals surface area contributed by atoms with E-state index >= 15 is 0 Å². The van der Waals surface area contributed by atoms with E-state index in [1.54, 1.807) is 11.8 Å². The van der Waals surface area contributed by atoms with Gasteiger partial charge in [-0.3, -0.25) is 5.32 Å². The van der Waals surface area contributed by atoms with E-state index in [2.05, 4.69) is 15.8 Å². The summed E-state index contributed by atoms with van der Waals surface area (Å²) < 4.78 is 4.16. The molecule has 0 aromatic rings. The second-order valence-electron chi connectivity index (χ2n) is 2.01. The van der Waals surface area contributed by atoms with Gasteiger partial charge in [0.25, 0.3) is 0 Å². The summed E-state index contributed by atoms with van der Waals surface area (Å²) in [6.45, 7) is 0. The average molecular weight is 176 g/mol. The molecule has 1 saturated heterocycles. The Balaban J connectivity index is 2.34. The molecule has 1 aliphatic rings. The molecule has 3 N–H and O–H groups in total. The predicted octanol–water partition coefficient (Wildman–Crippen LogP) is -0.729. The fourth-order valence-electron chi connectivity index (χ4n) is 0.717. The van der Waals surface area contributed by atoms with Gasteiger partial charge in [-0.25, -0.2) is 9.59 Å². The summed E-state index contributed by atoms with van der Waals surface area (Å²) in [4.78, 5) is 21.0. The van der Waals surface area contributed by atoms with Crippen molar-refractivity contribution < 1.29 is 14.3 Å². The van der Waals surface area contributed by atoms with E-state index < -0.39 is 12.1 Å². The number of hydrogen-bond donors (Lipinski definition) is 2. The minimum Gasteiger partial charge on any atom is -0.375 e. The predicted molar refractivity (Wildman–Crippen MR) is 39.9 cm³/mol. The Morgan fingerprint density at radius 3 is 2.82 bits per heavy atom. The molecule has 0 aliphatic carbocycles. The van der Waals surface area contributed by atoms with E-state index in [0.717, 1.165) is 0 Å². The number of nitrogens with one attached hydrogen (secondary N) is 1. The molecule has 0 radical (unpaired) electrons. The fraction of sp³-hybridized carbons (Fsp3) is 0.600. The molecule has 1 atom stereocenters. The van der Waals surface area contributed by atoms with E-state index in [4.69, 9.17) is 0 Å². The van der Waals surface area contributed by atoms with E-state index in [-0.39, 0.29) is 6.04 Å². The Bertz CT molecular complexity index is 179. The molecule has 0 bridgehead atoms. The van der Waals surface area contributed by atoms with Crippen LogP contribution >= 0.6 is 11.8 Å². The van der Waals surface area contributed by atoms with Gasteiger partial charge in [-0.05, 0) is 0 Å². The minimum atomic E-state index is -1.05. The lowest BCUT2D eigenvalue weighted by Crippen LogP contribution is -2.36. The van der Waals surface area contributed by atoms with E-state index in [1.165, 1.54) is 0 Å². The minimum absolute atomic E-state index is 0.382. The molecule has 1 rings (SSSR count). The van der Waals surface area contributed by atoms with Crippen LogP contribution in [0.4, 0.5) is 4.79 Å². The van der Waals surface area contributed by atoms with Gasteiger partial charge >= 0.3 is 12.1 Å². The zero-order valence-electron chi connectivity index (χ0n) is 5.70. The first-order chi connectivity index (χ1) is 5.20. The molecule has 0 aromatic heterocycles. The summed E-state index contributed by atoms with van der Waals surface area (Å²) in [5.41, 5.74) is 4.64. The average Bonchev–Trinajstić information content (AvgIpc) is 2.35. The van der Waals surface area contributed by atoms with Crippen LogP contribution in [0.1, 0.15) is 0 Å². The Hall–Kier alpha value is -0.750. The van der Waals surface area contributed by atoms with Gasteiger partial charge in [-0.15, -0.1) is 11.8 Å². The van der Waals surface area contributed by atoms with Crippen molar-refractivity contribution in [2.75, 3.05) is 11.6 Å². The third-order valence-corrected chi connectivity index (χ3v) is 2.14. The van der Waals surface area contributed by atoms with Crippen molar-refractivity contribution in [1.29, 1.82) is 0 Å².